The van der Waals surface area contributed by atoms with Gasteiger partial charge in [0.25, 0.3) is 0 Å². The second kappa shape index (κ2) is 6.03. The number of carbonyl (C=O) groups is 1. The number of hydrogen-bond acceptors (Lipinski definition) is 5. The Morgan fingerprint density at radius 1 is 1.25 bits per heavy atom. The van der Waals surface area contributed by atoms with Crippen molar-refractivity contribution >= 4 is 11.5 Å². The topological polar surface area (TPSA) is 57.1 Å². The fourth-order valence-electron chi connectivity index (χ4n) is 5.43. The summed E-state index contributed by atoms with van der Waals surface area (Å²) in [6, 6.07) is 8.80. The van der Waals surface area contributed by atoms with Crippen LogP contribution in [0.25, 0.3) is 0 Å². The molecule has 28 heavy (non-hydrogen) atoms. The largest absolute Gasteiger partial charge is 0.371 e. The third-order valence-electron chi connectivity index (χ3n) is 6.87. The maximum atomic E-state index is 13.5. The number of anilines is 1. The van der Waals surface area contributed by atoms with Gasteiger partial charge in [-0.05, 0) is 42.4 Å². The average molecular weight is 377 g/mol. The highest BCUT2D eigenvalue weighted by Gasteiger charge is 2.53. The van der Waals surface area contributed by atoms with Crippen LogP contribution < -0.4 is 10.2 Å². The third-order valence-corrected chi connectivity index (χ3v) is 6.87. The van der Waals surface area contributed by atoms with Gasteiger partial charge in [-0.25, -0.2) is 0 Å². The van der Waals surface area contributed by atoms with Gasteiger partial charge in [0.2, 0.25) is 0 Å². The number of fused-ring (bicyclic) bond motifs is 1. The number of hydrogen-bond donors (Lipinski definition) is 1. The normalized spacial score (nSPS) is 30.4. The van der Waals surface area contributed by atoms with Crippen LogP contribution in [0.4, 0.5) is 5.69 Å². The van der Waals surface area contributed by atoms with Gasteiger partial charge in [0.15, 0.2) is 11.9 Å². The summed E-state index contributed by atoms with van der Waals surface area (Å²) in [7, 11) is 0. The van der Waals surface area contributed by atoms with E-state index in [0.29, 0.717) is 6.42 Å². The van der Waals surface area contributed by atoms with E-state index in [1.807, 2.05) is 6.20 Å². The van der Waals surface area contributed by atoms with Gasteiger partial charge in [-0.2, -0.15) is 10.2 Å². The molecule has 1 aromatic carbocycles. The van der Waals surface area contributed by atoms with Gasteiger partial charge in [-0.15, -0.1) is 0 Å². The Bertz CT molecular complexity index is 938. The van der Waals surface area contributed by atoms with E-state index in [9.17, 15) is 4.79 Å². The first-order chi connectivity index (χ1) is 13.4. The maximum absolute atomic E-state index is 13.5. The van der Waals surface area contributed by atoms with E-state index >= 15 is 0 Å². The van der Waals surface area contributed by atoms with Crippen LogP contribution in [0.15, 0.2) is 57.5 Å². The van der Waals surface area contributed by atoms with Crippen molar-refractivity contribution in [2.24, 2.45) is 15.6 Å². The first-order valence-electron chi connectivity index (χ1n) is 10.4. The average Bonchev–Trinajstić information content (AvgIpc) is 3.06. The highest BCUT2D eigenvalue weighted by molar-refractivity contribution is 6.01. The molecule has 0 spiro atoms. The van der Waals surface area contributed by atoms with Gasteiger partial charge in [0.1, 0.15) is 0 Å². The number of rotatable bonds is 3. The minimum Gasteiger partial charge on any atom is -0.371 e. The van der Waals surface area contributed by atoms with Crippen LogP contribution in [-0.4, -0.2) is 25.0 Å². The molecular formula is C23H28N4O. The lowest BCUT2D eigenvalue weighted by Gasteiger charge is -2.48. The predicted molar refractivity (Wildman–Crippen MR) is 110 cm³/mol. The molecule has 1 saturated heterocycles. The zero-order valence-corrected chi connectivity index (χ0v) is 17.0. The van der Waals surface area contributed by atoms with E-state index in [4.69, 9.17) is 0 Å². The predicted octanol–water partition coefficient (Wildman–Crippen LogP) is 4.47. The number of allylic oxidation sites excluding steroid dienone is 2. The standard InChI is InChI=1S/C23H28N4O/c1-4-23(15-7-5-8-16(11-15)27-9-6-10-27)17-14-24-26-21(17)25-18-12-22(2,3)13-19(28)20(18)23/h5,7-8,11,14,21,25H,4,6,9-10,12-13H2,1-3H3/t21?,23-/m0/s1. The molecule has 146 valence electrons. The molecule has 0 aromatic heterocycles. The number of Topliss-reactive ketones (excluding diaryl/α,β-unsaturated/α-hetero) is 1. The van der Waals surface area contributed by atoms with E-state index in [1.54, 1.807) is 0 Å². The van der Waals surface area contributed by atoms with Crippen molar-refractivity contribution in [2.45, 2.75) is 58.0 Å². The summed E-state index contributed by atoms with van der Waals surface area (Å²) in [6.07, 6.45) is 5.27. The summed E-state index contributed by atoms with van der Waals surface area (Å²) in [4.78, 5) is 15.9. The number of carbonyl (C=O) groups excluding carboxylic acids is 1. The molecule has 0 amide bonds. The van der Waals surface area contributed by atoms with Crippen molar-refractivity contribution in [1.82, 2.24) is 5.32 Å². The fraction of sp³-hybridized carbons (Fsp3) is 0.522. The molecule has 2 atom stereocenters. The highest BCUT2D eigenvalue weighted by atomic mass is 16.1. The summed E-state index contributed by atoms with van der Waals surface area (Å²) in [6.45, 7) is 8.77. The molecule has 1 unspecified atom stereocenters. The SMILES string of the molecule is CC[C@]1(c2cccc(N3CCC3)c2)C2=CN=NC2NC2=C1C(=O)CC(C)(C)C2. The molecular weight excluding hydrogens is 348 g/mol. The van der Waals surface area contributed by atoms with Crippen LogP contribution in [0.3, 0.4) is 0 Å². The molecule has 1 fully saturated rings. The van der Waals surface area contributed by atoms with Gasteiger partial charge in [0, 0.05) is 42.0 Å². The maximum Gasteiger partial charge on any atom is 0.164 e. The molecule has 1 aromatic rings. The molecule has 3 aliphatic heterocycles. The Kier molecular flexibility index (Phi) is 3.80. The van der Waals surface area contributed by atoms with Crippen molar-refractivity contribution < 1.29 is 4.79 Å². The van der Waals surface area contributed by atoms with Gasteiger partial charge in [0.05, 0.1) is 11.6 Å². The molecule has 0 radical (unpaired) electrons. The monoisotopic (exact) mass is 376 g/mol. The van der Waals surface area contributed by atoms with Crippen LogP contribution in [-0.2, 0) is 10.2 Å². The number of azo groups is 1. The molecule has 5 heteroatoms. The second-order valence-corrected chi connectivity index (χ2v) is 9.31. The molecule has 0 bridgehead atoms. The Hall–Kier alpha value is -2.43. The van der Waals surface area contributed by atoms with E-state index in [1.165, 1.54) is 17.7 Å². The summed E-state index contributed by atoms with van der Waals surface area (Å²) in [5.74, 6) is 0.265. The van der Waals surface area contributed by atoms with Crippen LogP contribution in [0, 0.1) is 5.41 Å². The van der Waals surface area contributed by atoms with Crippen molar-refractivity contribution in [2.75, 3.05) is 18.0 Å². The quantitative estimate of drug-likeness (QED) is 0.847. The number of nitrogens with one attached hydrogen (secondary N) is 1. The van der Waals surface area contributed by atoms with Crippen LogP contribution in [0.2, 0.25) is 0 Å². The Morgan fingerprint density at radius 2 is 2.07 bits per heavy atom. The van der Waals surface area contributed by atoms with Crippen molar-refractivity contribution in [3.05, 3.63) is 52.9 Å². The summed E-state index contributed by atoms with van der Waals surface area (Å²) in [5, 5.41) is 12.2. The minimum absolute atomic E-state index is 0.0289. The Labute approximate surface area is 166 Å². The van der Waals surface area contributed by atoms with Crippen molar-refractivity contribution in [1.29, 1.82) is 0 Å². The second-order valence-electron chi connectivity index (χ2n) is 9.31. The van der Waals surface area contributed by atoms with E-state index < -0.39 is 5.41 Å². The summed E-state index contributed by atoms with van der Waals surface area (Å²) in [5.41, 5.74) is 5.12. The first kappa shape index (κ1) is 17.7. The fourth-order valence-corrected chi connectivity index (χ4v) is 5.43. The van der Waals surface area contributed by atoms with Gasteiger partial charge in [-0.1, -0.05) is 32.9 Å². The smallest absolute Gasteiger partial charge is 0.164 e. The number of benzene rings is 1. The minimum atomic E-state index is -0.441. The summed E-state index contributed by atoms with van der Waals surface area (Å²) < 4.78 is 0. The lowest BCUT2D eigenvalue weighted by molar-refractivity contribution is -0.119. The van der Waals surface area contributed by atoms with Gasteiger partial charge in [-0.3, -0.25) is 4.79 Å². The molecule has 5 rings (SSSR count). The third kappa shape index (κ3) is 2.41. The van der Waals surface area contributed by atoms with Crippen molar-refractivity contribution in [3.63, 3.8) is 0 Å². The lowest BCUT2D eigenvalue weighted by atomic mass is 9.59. The number of ketones is 1. The molecule has 3 heterocycles. The molecule has 4 aliphatic rings. The zero-order chi connectivity index (χ0) is 19.5. The van der Waals surface area contributed by atoms with E-state index in [-0.39, 0.29) is 17.4 Å². The van der Waals surface area contributed by atoms with Crippen molar-refractivity contribution in [3.8, 4) is 0 Å². The van der Waals surface area contributed by atoms with Crippen LogP contribution in [0.1, 0.15) is 52.0 Å². The van der Waals surface area contributed by atoms with Gasteiger partial charge < -0.3 is 10.2 Å². The van der Waals surface area contributed by atoms with Crippen LogP contribution >= 0.6 is 0 Å². The molecule has 1 N–H and O–H groups in total. The van der Waals surface area contributed by atoms with Crippen LogP contribution in [0.5, 0.6) is 0 Å². The Morgan fingerprint density at radius 3 is 2.79 bits per heavy atom. The zero-order valence-electron chi connectivity index (χ0n) is 17.0. The molecule has 0 saturated carbocycles. The van der Waals surface area contributed by atoms with Gasteiger partial charge >= 0.3 is 0 Å². The highest BCUT2D eigenvalue weighted by Crippen LogP contribution is 2.54. The molecule has 1 aliphatic carbocycles. The Balaban J connectivity index is 1.72. The summed E-state index contributed by atoms with van der Waals surface area (Å²) >= 11 is 0. The lowest BCUT2D eigenvalue weighted by Crippen LogP contribution is -2.51. The first-order valence-corrected chi connectivity index (χ1v) is 10.4. The van der Waals surface area contributed by atoms with E-state index in [0.717, 1.165) is 42.8 Å². The molecule has 5 nitrogen and oxygen atoms in total. The van der Waals surface area contributed by atoms with E-state index in [2.05, 4.69) is 65.5 Å². The number of nitrogens with zero attached hydrogens (tertiary/aromatic N) is 3.